The summed E-state index contributed by atoms with van der Waals surface area (Å²) in [5, 5.41) is 10.2. The van der Waals surface area contributed by atoms with Gasteiger partial charge in [0.05, 0.1) is 16.8 Å². The molecule has 0 N–H and O–H groups in total. The summed E-state index contributed by atoms with van der Waals surface area (Å²) in [7, 11) is 0. The number of halogens is 1. The first-order chi connectivity index (χ1) is 13.2. The van der Waals surface area contributed by atoms with E-state index >= 15 is 0 Å². The van der Waals surface area contributed by atoms with Gasteiger partial charge in [-0.25, -0.2) is 4.39 Å². The summed E-state index contributed by atoms with van der Waals surface area (Å²) >= 11 is 1.90. The molecule has 4 rings (SSSR count). The number of hydrogen-bond donors (Lipinski definition) is 0. The van der Waals surface area contributed by atoms with Crippen LogP contribution < -0.4 is 4.90 Å². The van der Waals surface area contributed by atoms with Gasteiger partial charge >= 0.3 is 0 Å². The molecular formula is C20H21FN4OS. The Morgan fingerprint density at radius 3 is 2.67 bits per heavy atom. The standard InChI is InChI=1S/C20H21FN4OS/c21-16-1-2-18-17(11-16)19(15(12-22)13-23-18)24-5-3-14(4-6-24)20(26)25-7-9-27-10-8-25/h1-2,11,13-14H,3-10H2. The van der Waals surface area contributed by atoms with Gasteiger partial charge in [-0.3, -0.25) is 9.78 Å². The summed E-state index contributed by atoms with van der Waals surface area (Å²) < 4.78 is 13.8. The van der Waals surface area contributed by atoms with Gasteiger partial charge in [0.1, 0.15) is 11.9 Å². The number of hydrogen-bond acceptors (Lipinski definition) is 5. The zero-order valence-corrected chi connectivity index (χ0v) is 15.8. The van der Waals surface area contributed by atoms with Gasteiger partial charge in [-0.2, -0.15) is 17.0 Å². The van der Waals surface area contributed by atoms with Gasteiger partial charge in [0.15, 0.2) is 0 Å². The van der Waals surface area contributed by atoms with Crippen LogP contribution in [0, 0.1) is 23.1 Å². The predicted molar refractivity (Wildman–Crippen MR) is 105 cm³/mol. The van der Waals surface area contributed by atoms with E-state index < -0.39 is 0 Å². The van der Waals surface area contributed by atoms with Crippen molar-refractivity contribution in [1.82, 2.24) is 9.88 Å². The summed E-state index contributed by atoms with van der Waals surface area (Å²) in [5.41, 5.74) is 1.86. The van der Waals surface area contributed by atoms with E-state index in [2.05, 4.69) is 16.0 Å². The molecule has 140 valence electrons. The number of nitriles is 1. The number of benzene rings is 1. The first-order valence-electron chi connectivity index (χ1n) is 9.27. The molecule has 1 aromatic heterocycles. The Labute approximate surface area is 162 Å². The molecule has 3 heterocycles. The van der Waals surface area contributed by atoms with Gasteiger partial charge in [-0.1, -0.05) is 0 Å². The first kappa shape index (κ1) is 18.1. The number of piperidine rings is 1. The van der Waals surface area contributed by atoms with Crippen molar-refractivity contribution in [2.75, 3.05) is 42.6 Å². The van der Waals surface area contributed by atoms with Crippen molar-refractivity contribution in [3.05, 3.63) is 35.8 Å². The first-order valence-corrected chi connectivity index (χ1v) is 10.4. The van der Waals surface area contributed by atoms with E-state index in [9.17, 15) is 14.4 Å². The summed E-state index contributed by atoms with van der Waals surface area (Å²) in [6.45, 7) is 3.06. The number of carbonyl (C=O) groups is 1. The fourth-order valence-electron chi connectivity index (χ4n) is 3.97. The van der Waals surface area contributed by atoms with Crippen molar-refractivity contribution in [1.29, 1.82) is 5.26 Å². The predicted octanol–water partition coefficient (Wildman–Crippen LogP) is 3.04. The summed E-state index contributed by atoms with van der Waals surface area (Å²) in [6.07, 6.45) is 3.07. The van der Waals surface area contributed by atoms with Gasteiger partial charge in [0.25, 0.3) is 0 Å². The topological polar surface area (TPSA) is 60.2 Å². The Balaban J connectivity index is 1.55. The van der Waals surface area contributed by atoms with Crippen LogP contribution in [-0.2, 0) is 4.79 Å². The second kappa shape index (κ2) is 7.73. The molecule has 2 aliphatic heterocycles. The van der Waals surface area contributed by atoms with Gasteiger partial charge in [-0.15, -0.1) is 0 Å². The Bertz CT molecular complexity index is 899. The lowest BCUT2D eigenvalue weighted by Crippen LogP contribution is -2.45. The highest BCUT2D eigenvalue weighted by Gasteiger charge is 2.30. The highest BCUT2D eigenvalue weighted by Crippen LogP contribution is 2.33. The number of carbonyl (C=O) groups excluding carboxylic acids is 1. The van der Waals surface area contributed by atoms with Crippen molar-refractivity contribution < 1.29 is 9.18 Å². The molecule has 1 aromatic carbocycles. The fraction of sp³-hybridized carbons (Fsp3) is 0.450. The van der Waals surface area contributed by atoms with E-state index in [0.717, 1.165) is 43.1 Å². The highest BCUT2D eigenvalue weighted by atomic mass is 32.2. The lowest BCUT2D eigenvalue weighted by Gasteiger charge is -2.37. The van der Waals surface area contributed by atoms with Crippen LogP contribution in [0.5, 0.6) is 0 Å². The van der Waals surface area contributed by atoms with Crippen molar-refractivity contribution in [2.24, 2.45) is 5.92 Å². The van der Waals surface area contributed by atoms with Crippen LogP contribution in [-0.4, -0.2) is 53.5 Å². The van der Waals surface area contributed by atoms with E-state index in [4.69, 9.17) is 0 Å². The monoisotopic (exact) mass is 384 g/mol. The normalized spacial score (nSPS) is 18.5. The third-order valence-corrected chi connectivity index (χ3v) is 6.35. The van der Waals surface area contributed by atoms with E-state index in [1.807, 2.05) is 16.7 Å². The second-order valence-electron chi connectivity index (χ2n) is 6.99. The number of anilines is 1. The van der Waals surface area contributed by atoms with Crippen molar-refractivity contribution in [3.8, 4) is 6.07 Å². The quantitative estimate of drug-likeness (QED) is 0.797. The van der Waals surface area contributed by atoms with Crippen LogP contribution in [0.25, 0.3) is 10.9 Å². The Kier molecular flexibility index (Phi) is 5.17. The molecule has 0 atom stereocenters. The average molecular weight is 384 g/mol. The third-order valence-electron chi connectivity index (χ3n) is 5.41. The lowest BCUT2D eigenvalue weighted by atomic mass is 9.94. The molecule has 0 radical (unpaired) electrons. The molecule has 1 amide bonds. The zero-order chi connectivity index (χ0) is 18.8. The van der Waals surface area contributed by atoms with Crippen LogP contribution >= 0.6 is 11.8 Å². The molecule has 7 heteroatoms. The largest absolute Gasteiger partial charge is 0.370 e. The SMILES string of the molecule is N#Cc1cnc2ccc(F)cc2c1N1CCC(C(=O)N2CCSCC2)CC1. The third kappa shape index (κ3) is 3.59. The minimum atomic E-state index is -0.339. The number of pyridine rings is 1. The molecule has 0 aliphatic carbocycles. The maximum absolute atomic E-state index is 13.8. The Morgan fingerprint density at radius 1 is 1.22 bits per heavy atom. The number of fused-ring (bicyclic) bond motifs is 1. The van der Waals surface area contributed by atoms with Crippen molar-refractivity contribution >= 4 is 34.3 Å². The van der Waals surface area contributed by atoms with Crippen LogP contribution in [0.3, 0.4) is 0 Å². The van der Waals surface area contributed by atoms with Crippen LogP contribution in [0.15, 0.2) is 24.4 Å². The van der Waals surface area contributed by atoms with Crippen LogP contribution in [0.2, 0.25) is 0 Å². The molecule has 2 aromatic rings. The number of nitrogens with zero attached hydrogens (tertiary/aromatic N) is 4. The molecule has 0 unspecified atom stereocenters. The highest BCUT2D eigenvalue weighted by molar-refractivity contribution is 7.99. The number of amides is 1. The van der Waals surface area contributed by atoms with Gasteiger partial charge in [0, 0.05) is 55.2 Å². The number of rotatable bonds is 2. The van der Waals surface area contributed by atoms with Crippen LogP contribution in [0.1, 0.15) is 18.4 Å². The van der Waals surface area contributed by atoms with Crippen molar-refractivity contribution in [2.45, 2.75) is 12.8 Å². The maximum atomic E-state index is 13.8. The van der Waals surface area contributed by atoms with E-state index in [0.29, 0.717) is 29.6 Å². The van der Waals surface area contributed by atoms with E-state index in [-0.39, 0.29) is 17.6 Å². The lowest BCUT2D eigenvalue weighted by molar-refractivity contribution is -0.135. The number of thioether (sulfide) groups is 1. The zero-order valence-electron chi connectivity index (χ0n) is 15.0. The number of aromatic nitrogens is 1. The summed E-state index contributed by atoms with van der Waals surface area (Å²) in [4.78, 5) is 21.1. The van der Waals surface area contributed by atoms with E-state index in [1.54, 1.807) is 12.3 Å². The Hall–Kier alpha value is -2.33. The van der Waals surface area contributed by atoms with Crippen molar-refractivity contribution in [3.63, 3.8) is 0 Å². The average Bonchev–Trinajstić information content (AvgIpc) is 2.73. The summed E-state index contributed by atoms with van der Waals surface area (Å²) in [5.74, 6) is 2.00. The fourth-order valence-corrected chi connectivity index (χ4v) is 4.87. The summed E-state index contributed by atoms with van der Waals surface area (Å²) in [6, 6.07) is 6.65. The minimum Gasteiger partial charge on any atom is -0.370 e. The van der Waals surface area contributed by atoms with Gasteiger partial charge in [-0.05, 0) is 31.0 Å². The maximum Gasteiger partial charge on any atom is 0.225 e. The second-order valence-corrected chi connectivity index (χ2v) is 8.22. The van der Waals surface area contributed by atoms with Crippen LogP contribution in [0.4, 0.5) is 10.1 Å². The Morgan fingerprint density at radius 2 is 1.96 bits per heavy atom. The van der Waals surface area contributed by atoms with Gasteiger partial charge < -0.3 is 9.80 Å². The molecule has 2 aliphatic rings. The molecule has 0 saturated carbocycles. The van der Waals surface area contributed by atoms with E-state index in [1.165, 1.54) is 12.1 Å². The van der Waals surface area contributed by atoms with Gasteiger partial charge in [0.2, 0.25) is 5.91 Å². The molecule has 0 bridgehead atoms. The minimum absolute atomic E-state index is 0.0414. The molecule has 27 heavy (non-hydrogen) atoms. The molecule has 2 fully saturated rings. The molecule has 2 saturated heterocycles. The molecule has 0 spiro atoms. The molecular weight excluding hydrogens is 363 g/mol. The molecule has 5 nitrogen and oxygen atoms in total. The smallest absolute Gasteiger partial charge is 0.225 e.